The topological polar surface area (TPSA) is 12.4 Å². The minimum atomic E-state index is 0.557. The van der Waals surface area contributed by atoms with Gasteiger partial charge in [0.15, 0.2) is 0 Å². The van der Waals surface area contributed by atoms with Crippen molar-refractivity contribution >= 4 is 42.7 Å². The number of thioether (sulfide) groups is 1. The predicted octanol–water partition coefficient (Wildman–Crippen LogP) is 2.86. The van der Waals surface area contributed by atoms with Crippen molar-refractivity contribution in [1.29, 1.82) is 0 Å². The third-order valence-electron chi connectivity index (χ3n) is 1.02. The largest absolute Gasteiger partial charge is 0.280 e. The van der Waals surface area contributed by atoms with Crippen molar-refractivity contribution < 1.29 is 0 Å². The van der Waals surface area contributed by atoms with Crippen LogP contribution in [0.4, 0.5) is 0 Å². The SMILES string of the molecule is C/C(=C/C(C)=N/CS)SCS. The fraction of sp³-hybridized carbons (Fsp3) is 0.571. The fourth-order valence-electron chi connectivity index (χ4n) is 0.595. The van der Waals surface area contributed by atoms with Crippen molar-refractivity contribution in [3.8, 4) is 0 Å². The van der Waals surface area contributed by atoms with E-state index in [0.29, 0.717) is 5.88 Å². The third kappa shape index (κ3) is 6.84. The molecule has 0 aromatic heterocycles. The Balaban J connectivity index is 3.96. The molecule has 0 saturated carbocycles. The summed E-state index contributed by atoms with van der Waals surface area (Å²) < 4.78 is 0. The van der Waals surface area contributed by atoms with E-state index < -0.39 is 0 Å². The van der Waals surface area contributed by atoms with Gasteiger partial charge >= 0.3 is 0 Å². The average molecular weight is 207 g/mol. The quantitative estimate of drug-likeness (QED) is 0.410. The van der Waals surface area contributed by atoms with Gasteiger partial charge in [-0.1, -0.05) is 0 Å². The molecular weight excluding hydrogens is 194 g/mol. The Hall–Kier alpha value is 0.460. The molecule has 0 aromatic rings. The van der Waals surface area contributed by atoms with Gasteiger partial charge < -0.3 is 0 Å². The summed E-state index contributed by atoms with van der Waals surface area (Å²) in [6, 6.07) is 0. The molecule has 0 bridgehead atoms. The Labute approximate surface area is 83.6 Å². The van der Waals surface area contributed by atoms with Crippen LogP contribution in [0.5, 0.6) is 0 Å². The van der Waals surface area contributed by atoms with E-state index in [0.717, 1.165) is 10.8 Å². The first-order valence-electron chi connectivity index (χ1n) is 3.24. The monoisotopic (exact) mass is 207 g/mol. The van der Waals surface area contributed by atoms with Gasteiger partial charge in [0.2, 0.25) is 0 Å². The molecule has 11 heavy (non-hydrogen) atoms. The average Bonchev–Trinajstić information content (AvgIpc) is 1.87. The molecule has 0 amide bonds. The van der Waals surface area contributed by atoms with Gasteiger partial charge in [0.05, 0.1) is 5.88 Å². The smallest absolute Gasteiger partial charge is 0.0818 e. The van der Waals surface area contributed by atoms with E-state index in [1.807, 2.05) is 13.0 Å². The summed E-state index contributed by atoms with van der Waals surface area (Å²) in [7, 11) is 0. The van der Waals surface area contributed by atoms with Gasteiger partial charge in [0.25, 0.3) is 0 Å². The molecule has 0 fully saturated rings. The van der Waals surface area contributed by atoms with E-state index in [1.54, 1.807) is 11.8 Å². The van der Waals surface area contributed by atoms with Gasteiger partial charge in [0, 0.05) is 10.8 Å². The molecule has 1 nitrogen and oxygen atoms in total. The van der Waals surface area contributed by atoms with E-state index in [9.17, 15) is 0 Å². The van der Waals surface area contributed by atoms with E-state index in [-0.39, 0.29) is 0 Å². The standard InChI is InChI=1S/C7H13NS3/c1-6(8-4-9)3-7(2)11-5-10/h3,9-10H,4-5H2,1-2H3/b7-3-,8-6+. The van der Waals surface area contributed by atoms with E-state index >= 15 is 0 Å². The molecule has 0 saturated heterocycles. The predicted molar refractivity (Wildman–Crippen MR) is 62.2 cm³/mol. The number of aliphatic imine (C=N–C) groups is 1. The minimum Gasteiger partial charge on any atom is -0.280 e. The Kier molecular flexibility index (Phi) is 7.43. The van der Waals surface area contributed by atoms with Crippen LogP contribution in [0.1, 0.15) is 13.8 Å². The molecule has 0 atom stereocenters. The van der Waals surface area contributed by atoms with Gasteiger partial charge in [-0.05, 0) is 24.8 Å². The lowest BCUT2D eigenvalue weighted by atomic mass is 10.4. The normalized spacial score (nSPS) is 13.8. The van der Waals surface area contributed by atoms with Gasteiger partial charge in [-0.2, -0.15) is 25.3 Å². The second kappa shape index (κ2) is 7.13. The zero-order valence-electron chi connectivity index (χ0n) is 6.74. The Morgan fingerprint density at radius 2 is 2.09 bits per heavy atom. The summed E-state index contributed by atoms with van der Waals surface area (Å²) in [4.78, 5) is 5.35. The lowest BCUT2D eigenvalue weighted by Crippen LogP contribution is -1.86. The number of hydrogen-bond acceptors (Lipinski definition) is 4. The Morgan fingerprint density at radius 3 is 2.55 bits per heavy atom. The highest BCUT2D eigenvalue weighted by Gasteiger charge is 1.88. The van der Waals surface area contributed by atoms with Gasteiger partial charge in [-0.15, -0.1) is 11.8 Å². The second-order valence-corrected chi connectivity index (χ2v) is 4.22. The van der Waals surface area contributed by atoms with Crippen LogP contribution < -0.4 is 0 Å². The molecule has 64 valence electrons. The molecule has 0 aliphatic carbocycles. The van der Waals surface area contributed by atoms with E-state index in [2.05, 4.69) is 37.2 Å². The van der Waals surface area contributed by atoms with Crippen molar-refractivity contribution in [2.24, 2.45) is 4.99 Å². The van der Waals surface area contributed by atoms with Crippen LogP contribution in [-0.4, -0.2) is 16.7 Å². The zero-order chi connectivity index (χ0) is 8.69. The van der Waals surface area contributed by atoms with Crippen molar-refractivity contribution in [1.82, 2.24) is 0 Å². The highest BCUT2D eigenvalue weighted by Crippen LogP contribution is 2.15. The molecule has 0 aliphatic heterocycles. The molecule has 0 N–H and O–H groups in total. The van der Waals surface area contributed by atoms with Crippen LogP contribution in [0, 0.1) is 0 Å². The number of thiol groups is 2. The first-order chi connectivity index (χ1) is 5.20. The van der Waals surface area contributed by atoms with Crippen LogP contribution in [0.25, 0.3) is 0 Å². The zero-order valence-corrected chi connectivity index (χ0v) is 9.35. The Morgan fingerprint density at radius 1 is 1.45 bits per heavy atom. The van der Waals surface area contributed by atoms with Gasteiger partial charge in [0.1, 0.15) is 0 Å². The van der Waals surface area contributed by atoms with Gasteiger partial charge in [-0.25, -0.2) is 0 Å². The molecule has 0 rings (SSSR count). The first kappa shape index (κ1) is 11.5. The fourth-order valence-corrected chi connectivity index (χ4v) is 1.89. The van der Waals surface area contributed by atoms with Gasteiger partial charge in [-0.3, -0.25) is 4.99 Å². The summed E-state index contributed by atoms with van der Waals surface area (Å²) >= 11 is 9.80. The van der Waals surface area contributed by atoms with Crippen LogP contribution in [0.15, 0.2) is 16.0 Å². The van der Waals surface area contributed by atoms with Crippen LogP contribution in [0.2, 0.25) is 0 Å². The van der Waals surface area contributed by atoms with E-state index in [1.165, 1.54) is 4.91 Å². The molecule has 0 radical (unpaired) electrons. The highest BCUT2D eigenvalue weighted by molar-refractivity contribution is 8.11. The van der Waals surface area contributed by atoms with Crippen molar-refractivity contribution in [2.45, 2.75) is 13.8 Å². The maximum atomic E-state index is 4.11. The molecule has 0 aliphatic rings. The van der Waals surface area contributed by atoms with Crippen molar-refractivity contribution in [3.05, 3.63) is 11.0 Å². The molecule has 0 spiro atoms. The van der Waals surface area contributed by atoms with Crippen LogP contribution in [0.3, 0.4) is 0 Å². The number of hydrogen-bond donors (Lipinski definition) is 2. The first-order valence-corrected chi connectivity index (χ1v) is 5.49. The number of nitrogens with zero attached hydrogens (tertiary/aromatic N) is 1. The lowest BCUT2D eigenvalue weighted by molar-refractivity contribution is 1.37. The highest BCUT2D eigenvalue weighted by atomic mass is 32.2. The summed E-state index contributed by atoms with van der Waals surface area (Å²) in [6.07, 6.45) is 2.04. The second-order valence-electron chi connectivity index (χ2n) is 1.97. The summed E-state index contributed by atoms with van der Waals surface area (Å²) in [6.45, 7) is 4.03. The third-order valence-corrected chi connectivity index (χ3v) is 2.26. The summed E-state index contributed by atoms with van der Waals surface area (Å²) in [5.41, 5.74) is 1.02. The summed E-state index contributed by atoms with van der Waals surface area (Å²) in [5.74, 6) is 0.557. The van der Waals surface area contributed by atoms with Crippen molar-refractivity contribution in [2.75, 3.05) is 11.0 Å². The minimum absolute atomic E-state index is 0.557. The molecule has 0 aromatic carbocycles. The molecule has 0 heterocycles. The molecule has 4 heteroatoms. The van der Waals surface area contributed by atoms with Crippen LogP contribution >= 0.6 is 37.0 Å². The number of rotatable bonds is 4. The van der Waals surface area contributed by atoms with E-state index in [4.69, 9.17) is 0 Å². The number of allylic oxidation sites excluding steroid dienone is 2. The summed E-state index contributed by atoms with van der Waals surface area (Å²) in [5, 5.41) is 0.816. The lowest BCUT2D eigenvalue weighted by Gasteiger charge is -1.96. The molecular formula is C7H13NS3. The van der Waals surface area contributed by atoms with Crippen molar-refractivity contribution in [3.63, 3.8) is 0 Å². The maximum absolute atomic E-state index is 4.11. The molecule has 0 unspecified atom stereocenters. The van der Waals surface area contributed by atoms with Crippen LogP contribution in [-0.2, 0) is 0 Å². The Bertz CT molecular complexity index is 163. The maximum Gasteiger partial charge on any atom is 0.0818 e.